The second kappa shape index (κ2) is 7.30. The molecule has 0 unspecified atom stereocenters. The van der Waals surface area contributed by atoms with Gasteiger partial charge >= 0.3 is 5.97 Å². The van der Waals surface area contributed by atoms with Crippen molar-refractivity contribution in [2.45, 2.75) is 46.1 Å². The van der Waals surface area contributed by atoms with Gasteiger partial charge < -0.3 is 4.74 Å². The molecular weight excluding hydrogens is 302 g/mol. The fourth-order valence-corrected chi connectivity index (χ4v) is 4.82. The summed E-state index contributed by atoms with van der Waals surface area (Å²) >= 11 is 0. The van der Waals surface area contributed by atoms with Gasteiger partial charge in [-0.3, -0.25) is 9.69 Å². The van der Waals surface area contributed by atoms with Gasteiger partial charge in [-0.2, -0.15) is 0 Å². The van der Waals surface area contributed by atoms with Crippen LogP contribution in [0.5, 0.6) is 0 Å². The normalized spacial score (nSPS) is 32.8. The van der Waals surface area contributed by atoms with Crippen LogP contribution in [-0.4, -0.2) is 56.5 Å². The smallest absolute Gasteiger partial charge is 0.320 e. The number of carbonyl (C=O) groups excluding carboxylic acids is 1. The van der Waals surface area contributed by atoms with E-state index >= 15 is 0 Å². The Hall–Kier alpha value is -0.620. The first kappa shape index (κ1) is 17.7. The number of hydrogen-bond acceptors (Lipinski definition) is 5. The van der Waals surface area contributed by atoms with E-state index in [0.29, 0.717) is 30.8 Å². The maximum atomic E-state index is 12.2. The molecule has 6 heteroatoms. The molecule has 2 fully saturated rings. The molecule has 0 N–H and O–H groups in total. The minimum Gasteiger partial charge on any atom is -0.461 e. The Kier molecular flexibility index (Phi) is 5.88. The highest BCUT2D eigenvalue weighted by Gasteiger charge is 2.34. The summed E-state index contributed by atoms with van der Waals surface area (Å²) < 4.78 is 28.6. The predicted molar refractivity (Wildman–Crippen MR) is 86.3 cm³/mol. The van der Waals surface area contributed by atoms with E-state index in [1.54, 1.807) is 0 Å². The number of esters is 1. The second-order valence-electron chi connectivity index (χ2n) is 7.28. The molecule has 1 saturated carbocycles. The fraction of sp³-hybridized carbons (Fsp3) is 0.938. The Balaban J connectivity index is 1.85. The molecule has 128 valence electrons. The zero-order valence-electron chi connectivity index (χ0n) is 14.0. The van der Waals surface area contributed by atoms with Crippen LogP contribution < -0.4 is 0 Å². The van der Waals surface area contributed by atoms with Crippen LogP contribution in [-0.2, 0) is 19.4 Å². The van der Waals surface area contributed by atoms with Crippen LogP contribution >= 0.6 is 0 Å². The van der Waals surface area contributed by atoms with E-state index in [1.807, 2.05) is 4.90 Å². The molecule has 1 saturated heterocycles. The monoisotopic (exact) mass is 331 g/mol. The van der Waals surface area contributed by atoms with Crippen LogP contribution in [0.2, 0.25) is 0 Å². The molecular formula is C16H29NO4S. The van der Waals surface area contributed by atoms with E-state index < -0.39 is 9.84 Å². The molecule has 0 aromatic carbocycles. The van der Waals surface area contributed by atoms with Crippen molar-refractivity contribution >= 4 is 15.8 Å². The first-order chi connectivity index (χ1) is 10.3. The largest absolute Gasteiger partial charge is 0.461 e. The van der Waals surface area contributed by atoms with E-state index in [1.165, 1.54) is 6.42 Å². The van der Waals surface area contributed by atoms with Gasteiger partial charge in [0, 0.05) is 13.1 Å². The van der Waals surface area contributed by atoms with Crippen LogP contribution in [0.4, 0.5) is 0 Å². The predicted octanol–water partition coefficient (Wildman–Crippen LogP) is 1.72. The Bertz CT molecular complexity index is 474. The van der Waals surface area contributed by atoms with Gasteiger partial charge in [0.25, 0.3) is 0 Å². The van der Waals surface area contributed by atoms with Crippen molar-refractivity contribution in [3.8, 4) is 0 Å². The minimum atomic E-state index is -2.90. The Morgan fingerprint density at radius 1 is 1.23 bits per heavy atom. The summed E-state index contributed by atoms with van der Waals surface area (Å²) in [5, 5.41) is 0. The van der Waals surface area contributed by atoms with Crippen LogP contribution in [0.15, 0.2) is 0 Å². The average molecular weight is 331 g/mol. The molecule has 0 amide bonds. The molecule has 0 aromatic rings. The molecule has 3 atom stereocenters. The summed E-state index contributed by atoms with van der Waals surface area (Å²) in [5.41, 5.74) is 0. The first-order valence-electron chi connectivity index (χ1n) is 8.39. The molecule has 0 bridgehead atoms. The number of rotatable bonds is 4. The maximum Gasteiger partial charge on any atom is 0.320 e. The first-order valence-corrected chi connectivity index (χ1v) is 10.2. The highest BCUT2D eigenvalue weighted by Crippen LogP contribution is 2.35. The van der Waals surface area contributed by atoms with Gasteiger partial charge in [0.1, 0.15) is 6.10 Å². The SMILES string of the molecule is CC(C)[C@H]1CC[C@@H](C)C[C@H]1OC(=O)CN1CCS(=O)(=O)CC1. The summed E-state index contributed by atoms with van der Waals surface area (Å²) in [6.07, 6.45) is 3.30. The van der Waals surface area contributed by atoms with E-state index in [2.05, 4.69) is 20.8 Å². The minimum absolute atomic E-state index is 0.0183. The van der Waals surface area contributed by atoms with Gasteiger partial charge in [0.2, 0.25) is 0 Å². The Morgan fingerprint density at radius 3 is 2.45 bits per heavy atom. The molecule has 1 aliphatic heterocycles. The standard InChI is InChI=1S/C16H29NO4S/c1-12(2)14-5-4-13(3)10-15(14)21-16(18)11-17-6-8-22(19,20)9-7-17/h12-15H,4-11H2,1-3H3/t13-,14-,15-/m1/s1. The van der Waals surface area contributed by atoms with Gasteiger partial charge in [-0.25, -0.2) is 8.42 Å². The van der Waals surface area contributed by atoms with Crippen molar-refractivity contribution in [1.29, 1.82) is 0 Å². The van der Waals surface area contributed by atoms with E-state index in [-0.39, 0.29) is 30.1 Å². The Labute approximate surface area is 134 Å². The number of sulfone groups is 1. The summed E-state index contributed by atoms with van der Waals surface area (Å²) in [6, 6.07) is 0. The van der Waals surface area contributed by atoms with Crippen LogP contribution in [0, 0.1) is 17.8 Å². The number of hydrogen-bond donors (Lipinski definition) is 0. The van der Waals surface area contributed by atoms with Crippen molar-refractivity contribution < 1.29 is 17.9 Å². The molecule has 5 nitrogen and oxygen atoms in total. The molecule has 0 radical (unpaired) electrons. The number of nitrogens with zero attached hydrogens (tertiary/aromatic N) is 1. The summed E-state index contributed by atoms with van der Waals surface area (Å²) in [7, 11) is -2.90. The van der Waals surface area contributed by atoms with Gasteiger partial charge in [0.15, 0.2) is 9.84 Å². The molecule has 1 heterocycles. The molecule has 0 aromatic heterocycles. The Morgan fingerprint density at radius 2 is 1.86 bits per heavy atom. The molecule has 2 aliphatic rings. The van der Waals surface area contributed by atoms with Crippen LogP contribution in [0.25, 0.3) is 0 Å². The lowest BCUT2D eigenvalue weighted by molar-refractivity contribution is -0.157. The molecule has 2 rings (SSSR count). The lowest BCUT2D eigenvalue weighted by Gasteiger charge is -2.37. The quantitative estimate of drug-likeness (QED) is 0.734. The van der Waals surface area contributed by atoms with Crippen molar-refractivity contribution in [2.75, 3.05) is 31.1 Å². The van der Waals surface area contributed by atoms with Crippen LogP contribution in [0.3, 0.4) is 0 Å². The van der Waals surface area contributed by atoms with Gasteiger partial charge in [-0.15, -0.1) is 0 Å². The lowest BCUT2D eigenvalue weighted by Crippen LogP contribution is -2.44. The van der Waals surface area contributed by atoms with Crippen molar-refractivity contribution in [2.24, 2.45) is 17.8 Å². The zero-order chi connectivity index (χ0) is 16.3. The topological polar surface area (TPSA) is 63.7 Å². The summed E-state index contributed by atoms with van der Waals surface area (Å²) in [4.78, 5) is 14.1. The van der Waals surface area contributed by atoms with Crippen molar-refractivity contribution in [1.82, 2.24) is 4.90 Å². The number of ether oxygens (including phenoxy) is 1. The van der Waals surface area contributed by atoms with Crippen molar-refractivity contribution in [3.05, 3.63) is 0 Å². The summed E-state index contributed by atoms with van der Waals surface area (Å²) in [6.45, 7) is 7.68. The highest BCUT2D eigenvalue weighted by atomic mass is 32.2. The molecule has 0 spiro atoms. The van der Waals surface area contributed by atoms with Crippen molar-refractivity contribution in [3.63, 3.8) is 0 Å². The second-order valence-corrected chi connectivity index (χ2v) is 9.59. The van der Waals surface area contributed by atoms with E-state index in [0.717, 1.165) is 12.8 Å². The summed E-state index contributed by atoms with van der Waals surface area (Å²) in [5.74, 6) is 1.66. The molecule has 22 heavy (non-hydrogen) atoms. The van der Waals surface area contributed by atoms with Gasteiger partial charge in [-0.05, 0) is 30.6 Å². The van der Waals surface area contributed by atoms with Crippen LogP contribution in [0.1, 0.15) is 40.0 Å². The highest BCUT2D eigenvalue weighted by molar-refractivity contribution is 7.91. The third kappa shape index (κ3) is 4.95. The van der Waals surface area contributed by atoms with Gasteiger partial charge in [-0.1, -0.05) is 27.2 Å². The zero-order valence-corrected chi connectivity index (χ0v) is 14.8. The third-order valence-corrected chi connectivity index (χ3v) is 6.64. The van der Waals surface area contributed by atoms with E-state index in [9.17, 15) is 13.2 Å². The molecule has 1 aliphatic carbocycles. The third-order valence-electron chi connectivity index (χ3n) is 5.03. The van der Waals surface area contributed by atoms with Gasteiger partial charge in [0.05, 0.1) is 18.1 Å². The lowest BCUT2D eigenvalue weighted by atomic mass is 9.75. The fourth-order valence-electron chi connectivity index (χ4n) is 3.55. The maximum absolute atomic E-state index is 12.2. The van der Waals surface area contributed by atoms with E-state index in [4.69, 9.17) is 4.74 Å². The average Bonchev–Trinajstić information content (AvgIpc) is 2.41. The number of carbonyl (C=O) groups is 1.